The van der Waals surface area contributed by atoms with Crippen molar-refractivity contribution in [2.75, 3.05) is 32.8 Å². The number of benzene rings is 1. The highest BCUT2D eigenvalue weighted by Crippen LogP contribution is 2.39. The largest absolute Gasteiger partial charge is 0.396 e. The number of carbonyl (C=O) groups excluding carboxylic acids is 1. The molecule has 2 aliphatic heterocycles. The Kier molecular flexibility index (Phi) is 5.34. The first-order valence-corrected chi connectivity index (χ1v) is 8.86. The van der Waals surface area contributed by atoms with Crippen LogP contribution in [0.15, 0.2) is 30.3 Å². The summed E-state index contributed by atoms with van der Waals surface area (Å²) >= 11 is 0. The molecule has 3 rings (SSSR count). The minimum atomic E-state index is 0.164. The van der Waals surface area contributed by atoms with E-state index >= 15 is 0 Å². The van der Waals surface area contributed by atoms with E-state index in [1.165, 1.54) is 18.4 Å². The molecule has 0 saturated carbocycles. The zero-order valence-corrected chi connectivity index (χ0v) is 13.9. The van der Waals surface area contributed by atoms with Crippen LogP contribution in [0.5, 0.6) is 0 Å². The van der Waals surface area contributed by atoms with Gasteiger partial charge in [0, 0.05) is 44.6 Å². The van der Waals surface area contributed by atoms with Gasteiger partial charge in [0.15, 0.2) is 0 Å². The Labute approximate surface area is 139 Å². The molecule has 2 aliphatic rings. The van der Waals surface area contributed by atoms with Crippen LogP contribution in [0.4, 0.5) is 0 Å². The van der Waals surface area contributed by atoms with Crippen LogP contribution in [-0.4, -0.2) is 53.6 Å². The zero-order valence-electron chi connectivity index (χ0n) is 13.9. The number of carbonyl (C=O) groups is 1. The Morgan fingerprint density at radius 1 is 1.13 bits per heavy atom. The lowest BCUT2D eigenvalue weighted by atomic mass is 9.73. The molecule has 4 heteroatoms. The summed E-state index contributed by atoms with van der Waals surface area (Å²) in [6.07, 6.45) is 4.82. The minimum absolute atomic E-state index is 0.164. The standard InChI is InChI=1S/C19H28N2O2/c22-13-5-12-21-16-19(10-8-18(21)23)9-4-11-20(15-19)14-17-6-2-1-3-7-17/h1-3,6-7,22H,4-5,8-16H2/t19-/m0/s1. The summed E-state index contributed by atoms with van der Waals surface area (Å²) in [5.41, 5.74) is 1.63. The predicted octanol–water partition coefficient (Wildman–Crippen LogP) is 2.27. The summed E-state index contributed by atoms with van der Waals surface area (Å²) in [5.74, 6) is 0.268. The Morgan fingerprint density at radius 2 is 1.96 bits per heavy atom. The maximum Gasteiger partial charge on any atom is 0.222 e. The molecule has 1 aromatic rings. The van der Waals surface area contributed by atoms with Gasteiger partial charge in [-0.05, 0) is 37.8 Å². The lowest BCUT2D eigenvalue weighted by Crippen LogP contribution is -2.54. The second kappa shape index (κ2) is 7.45. The van der Waals surface area contributed by atoms with Crippen LogP contribution in [0, 0.1) is 5.41 Å². The second-order valence-electron chi connectivity index (χ2n) is 7.19. The molecule has 2 fully saturated rings. The first-order chi connectivity index (χ1) is 11.2. The average Bonchev–Trinajstić information content (AvgIpc) is 2.57. The number of amides is 1. The van der Waals surface area contributed by atoms with Crippen LogP contribution in [0.1, 0.15) is 37.7 Å². The molecule has 0 aliphatic carbocycles. The van der Waals surface area contributed by atoms with E-state index in [1.54, 1.807) is 0 Å². The first kappa shape index (κ1) is 16.5. The number of piperidine rings is 2. The summed E-state index contributed by atoms with van der Waals surface area (Å²) < 4.78 is 0. The molecule has 0 bridgehead atoms. The van der Waals surface area contributed by atoms with E-state index in [0.29, 0.717) is 19.4 Å². The lowest BCUT2D eigenvalue weighted by Gasteiger charge is -2.48. The van der Waals surface area contributed by atoms with E-state index in [9.17, 15) is 4.79 Å². The fraction of sp³-hybridized carbons (Fsp3) is 0.632. The van der Waals surface area contributed by atoms with Crippen LogP contribution >= 0.6 is 0 Å². The minimum Gasteiger partial charge on any atom is -0.396 e. The van der Waals surface area contributed by atoms with Gasteiger partial charge in [-0.3, -0.25) is 9.69 Å². The molecule has 0 aromatic heterocycles. The van der Waals surface area contributed by atoms with Crippen molar-refractivity contribution in [3.63, 3.8) is 0 Å². The summed E-state index contributed by atoms with van der Waals surface area (Å²) in [6, 6.07) is 10.7. The van der Waals surface area contributed by atoms with Gasteiger partial charge in [-0.2, -0.15) is 0 Å². The summed E-state index contributed by atoms with van der Waals surface area (Å²) in [5, 5.41) is 9.04. The molecule has 1 atom stereocenters. The molecule has 126 valence electrons. The van der Waals surface area contributed by atoms with Crippen LogP contribution < -0.4 is 0 Å². The van der Waals surface area contributed by atoms with Crippen molar-refractivity contribution in [3.05, 3.63) is 35.9 Å². The Morgan fingerprint density at radius 3 is 2.74 bits per heavy atom. The van der Waals surface area contributed by atoms with Crippen molar-refractivity contribution >= 4 is 5.91 Å². The van der Waals surface area contributed by atoms with E-state index in [0.717, 1.165) is 32.6 Å². The van der Waals surface area contributed by atoms with Crippen molar-refractivity contribution in [3.8, 4) is 0 Å². The Bertz CT molecular complexity index is 519. The van der Waals surface area contributed by atoms with Gasteiger partial charge in [0.05, 0.1) is 0 Å². The Balaban J connectivity index is 1.63. The maximum absolute atomic E-state index is 12.1. The molecule has 23 heavy (non-hydrogen) atoms. The van der Waals surface area contributed by atoms with E-state index in [1.807, 2.05) is 4.90 Å². The molecular formula is C19H28N2O2. The van der Waals surface area contributed by atoms with Gasteiger partial charge in [0.1, 0.15) is 0 Å². The van der Waals surface area contributed by atoms with E-state index < -0.39 is 0 Å². The van der Waals surface area contributed by atoms with E-state index in [2.05, 4.69) is 35.2 Å². The summed E-state index contributed by atoms with van der Waals surface area (Å²) in [4.78, 5) is 16.7. The van der Waals surface area contributed by atoms with Gasteiger partial charge < -0.3 is 10.0 Å². The fourth-order valence-corrected chi connectivity index (χ4v) is 4.19. The third-order valence-electron chi connectivity index (χ3n) is 5.32. The highest BCUT2D eigenvalue weighted by atomic mass is 16.3. The van der Waals surface area contributed by atoms with Crippen LogP contribution in [0.2, 0.25) is 0 Å². The number of aliphatic hydroxyl groups is 1. The molecule has 2 saturated heterocycles. The molecule has 2 heterocycles. The zero-order chi connectivity index (χ0) is 16.1. The number of nitrogens with zero attached hydrogens (tertiary/aromatic N) is 2. The van der Waals surface area contributed by atoms with Crippen LogP contribution in [0.3, 0.4) is 0 Å². The molecule has 1 spiro atoms. The van der Waals surface area contributed by atoms with Gasteiger partial charge in [-0.1, -0.05) is 30.3 Å². The first-order valence-electron chi connectivity index (χ1n) is 8.86. The number of likely N-dealkylation sites (tertiary alicyclic amines) is 2. The number of aliphatic hydroxyl groups excluding tert-OH is 1. The van der Waals surface area contributed by atoms with Gasteiger partial charge in [-0.25, -0.2) is 0 Å². The van der Waals surface area contributed by atoms with Gasteiger partial charge in [-0.15, -0.1) is 0 Å². The SMILES string of the molecule is O=C1CC[C@]2(CCCN(Cc3ccccc3)C2)CN1CCCO. The second-order valence-corrected chi connectivity index (χ2v) is 7.19. The number of rotatable bonds is 5. The molecule has 0 radical (unpaired) electrons. The molecular weight excluding hydrogens is 288 g/mol. The van der Waals surface area contributed by atoms with Crippen molar-refractivity contribution in [1.29, 1.82) is 0 Å². The predicted molar refractivity (Wildman–Crippen MR) is 90.9 cm³/mol. The molecule has 1 N–H and O–H groups in total. The van der Waals surface area contributed by atoms with Gasteiger partial charge in [0.2, 0.25) is 5.91 Å². The normalized spacial score (nSPS) is 26.0. The summed E-state index contributed by atoms with van der Waals surface area (Å²) in [7, 11) is 0. The highest BCUT2D eigenvalue weighted by Gasteiger charge is 2.41. The Hall–Kier alpha value is -1.39. The number of hydrogen-bond acceptors (Lipinski definition) is 3. The third kappa shape index (κ3) is 4.12. The van der Waals surface area contributed by atoms with Crippen molar-refractivity contribution in [1.82, 2.24) is 9.80 Å². The maximum atomic E-state index is 12.1. The molecule has 4 nitrogen and oxygen atoms in total. The monoisotopic (exact) mass is 316 g/mol. The van der Waals surface area contributed by atoms with Gasteiger partial charge >= 0.3 is 0 Å². The average molecular weight is 316 g/mol. The van der Waals surface area contributed by atoms with Crippen LogP contribution in [-0.2, 0) is 11.3 Å². The quantitative estimate of drug-likeness (QED) is 0.906. The van der Waals surface area contributed by atoms with E-state index in [4.69, 9.17) is 5.11 Å². The molecule has 1 amide bonds. The smallest absolute Gasteiger partial charge is 0.222 e. The highest BCUT2D eigenvalue weighted by molar-refractivity contribution is 5.77. The summed E-state index contributed by atoms with van der Waals surface area (Å²) in [6.45, 7) is 4.99. The van der Waals surface area contributed by atoms with Crippen molar-refractivity contribution < 1.29 is 9.90 Å². The lowest BCUT2D eigenvalue weighted by molar-refractivity contribution is -0.139. The fourth-order valence-electron chi connectivity index (χ4n) is 4.19. The number of hydrogen-bond donors (Lipinski definition) is 1. The van der Waals surface area contributed by atoms with Crippen molar-refractivity contribution in [2.24, 2.45) is 5.41 Å². The van der Waals surface area contributed by atoms with Crippen molar-refractivity contribution in [2.45, 2.75) is 38.6 Å². The molecule has 1 aromatic carbocycles. The topological polar surface area (TPSA) is 43.8 Å². The van der Waals surface area contributed by atoms with E-state index in [-0.39, 0.29) is 17.9 Å². The van der Waals surface area contributed by atoms with Gasteiger partial charge in [0.25, 0.3) is 0 Å². The molecule has 0 unspecified atom stereocenters. The third-order valence-corrected chi connectivity index (χ3v) is 5.32. The van der Waals surface area contributed by atoms with Crippen LogP contribution in [0.25, 0.3) is 0 Å².